The van der Waals surface area contributed by atoms with Crippen LogP contribution in [0.2, 0.25) is 0 Å². The second-order valence-corrected chi connectivity index (χ2v) is 5.76. The molecule has 1 aromatic carbocycles. The molecule has 1 fully saturated rings. The second-order valence-electron chi connectivity index (χ2n) is 5.76. The third-order valence-electron chi connectivity index (χ3n) is 3.73. The van der Waals surface area contributed by atoms with Crippen molar-refractivity contribution in [2.75, 3.05) is 13.2 Å². The Morgan fingerprint density at radius 2 is 2.04 bits per heavy atom. The van der Waals surface area contributed by atoms with E-state index in [1.54, 1.807) is 0 Å². The highest BCUT2D eigenvalue weighted by molar-refractivity contribution is 5.65. The van der Waals surface area contributed by atoms with E-state index in [2.05, 4.69) is 10.4 Å². The van der Waals surface area contributed by atoms with Gasteiger partial charge in [0.25, 0.3) is 0 Å². The first-order chi connectivity index (χ1) is 13.2. The van der Waals surface area contributed by atoms with E-state index in [9.17, 15) is 22.8 Å². The maximum absolute atomic E-state index is 13.3. The number of rotatable bonds is 4. The lowest BCUT2D eigenvalue weighted by Gasteiger charge is -2.27. The van der Waals surface area contributed by atoms with Crippen LogP contribution in [-0.4, -0.2) is 46.9 Å². The van der Waals surface area contributed by atoms with Crippen molar-refractivity contribution in [3.63, 3.8) is 0 Å². The Labute approximate surface area is 154 Å². The van der Waals surface area contributed by atoms with Gasteiger partial charge in [0.1, 0.15) is 0 Å². The average molecular weight is 401 g/mol. The van der Waals surface area contributed by atoms with Gasteiger partial charge in [-0.1, -0.05) is 6.08 Å². The molecular formula is C16H14F3N3O6. The van der Waals surface area contributed by atoms with Crippen LogP contribution in [-0.2, 0) is 15.7 Å². The molecule has 1 aliphatic rings. The maximum Gasteiger partial charge on any atom is 0.434 e. The van der Waals surface area contributed by atoms with Gasteiger partial charge in [-0.15, -0.1) is 5.10 Å². The van der Waals surface area contributed by atoms with Gasteiger partial charge in [0.15, 0.2) is 6.29 Å². The molecule has 0 unspecified atom stereocenters. The van der Waals surface area contributed by atoms with Crippen LogP contribution in [0.4, 0.5) is 18.0 Å². The third-order valence-corrected chi connectivity index (χ3v) is 3.73. The number of nitrogens with zero attached hydrogens (tertiary/aromatic N) is 1. The first-order valence-corrected chi connectivity index (χ1v) is 7.90. The monoisotopic (exact) mass is 401 g/mol. The third kappa shape index (κ3) is 4.78. The van der Waals surface area contributed by atoms with Crippen molar-refractivity contribution >= 4 is 12.2 Å². The smallest absolute Gasteiger partial charge is 0.434 e. The molecule has 0 radical (unpaired) electrons. The summed E-state index contributed by atoms with van der Waals surface area (Å²) in [6, 6.07) is 2.57. The Morgan fingerprint density at radius 3 is 2.61 bits per heavy atom. The van der Waals surface area contributed by atoms with Crippen molar-refractivity contribution in [1.29, 1.82) is 0 Å². The molecule has 1 saturated heterocycles. The van der Waals surface area contributed by atoms with E-state index in [4.69, 9.17) is 19.0 Å². The van der Waals surface area contributed by atoms with Gasteiger partial charge in [0.05, 0.1) is 24.8 Å². The quantitative estimate of drug-likeness (QED) is 0.716. The molecule has 0 spiro atoms. The second kappa shape index (κ2) is 7.86. The van der Waals surface area contributed by atoms with Crippen LogP contribution in [0.3, 0.4) is 0 Å². The molecule has 2 aromatic rings. The number of benzene rings is 1. The molecule has 3 N–H and O–H groups in total. The van der Waals surface area contributed by atoms with Gasteiger partial charge in [0.2, 0.25) is 5.89 Å². The summed E-state index contributed by atoms with van der Waals surface area (Å²) in [6.07, 6.45) is -4.36. The summed E-state index contributed by atoms with van der Waals surface area (Å²) in [4.78, 5) is 21.6. The van der Waals surface area contributed by atoms with Gasteiger partial charge in [-0.2, -0.15) is 13.2 Å². The highest BCUT2D eigenvalue weighted by Gasteiger charge is 2.33. The van der Waals surface area contributed by atoms with Crippen LogP contribution >= 0.6 is 0 Å². The number of amides is 1. The number of aromatic nitrogens is 2. The minimum atomic E-state index is -4.62. The molecule has 150 valence electrons. The molecule has 0 bridgehead atoms. The predicted molar refractivity (Wildman–Crippen MR) is 87.2 cm³/mol. The summed E-state index contributed by atoms with van der Waals surface area (Å²) in [7, 11) is 0. The Morgan fingerprint density at radius 1 is 1.32 bits per heavy atom. The Kier molecular flexibility index (Phi) is 5.51. The van der Waals surface area contributed by atoms with Gasteiger partial charge < -0.3 is 24.3 Å². The van der Waals surface area contributed by atoms with Gasteiger partial charge in [-0.05, 0) is 29.8 Å². The number of nitrogens with one attached hydrogen (secondary N) is 2. The highest BCUT2D eigenvalue weighted by Crippen LogP contribution is 2.34. The van der Waals surface area contributed by atoms with E-state index in [-0.39, 0.29) is 30.2 Å². The van der Waals surface area contributed by atoms with Crippen LogP contribution < -0.4 is 11.1 Å². The van der Waals surface area contributed by atoms with Crippen LogP contribution in [0.15, 0.2) is 33.5 Å². The number of hydrogen-bond donors (Lipinski definition) is 3. The number of ether oxygens (including phenoxy) is 2. The summed E-state index contributed by atoms with van der Waals surface area (Å²) in [5.74, 6) is -0.985. The molecule has 9 nitrogen and oxygen atoms in total. The van der Waals surface area contributed by atoms with Gasteiger partial charge in [-0.3, -0.25) is 0 Å². The molecule has 0 saturated carbocycles. The summed E-state index contributed by atoms with van der Waals surface area (Å²) >= 11 is 0. The molecule has 1 amide bonds. The topological polar surface area (TPSA) is 127 Å². The zero-order valence-electron chi connectivity index (χ0n) is 14.0. The molecule has 2 heterocycles. The summed E-state index contributed by atoms with van der Waals surface area (Å²) in [5, 5.41) is 16.4. The largest absolute Gasteiger partial charge is 0.465 e. The highest BCUT2D eigenvalue weighted by atomic mass is 19.4. The van der Waals surface area contributed by atoms with Crippen LogP contribution in [0.1, 0.15) is 11.1 Å². The number of hydrogen-bond acceptors (Lipinski definition) is 6. The SMILES string of the molecule is O=C(O)NC1COC(/C=C/c2cc(-c3n[nH]c(=O)o3)ccc2C(F)(F)F)OC1. The molecule has 28 heavy (non-hydrogen) atoms. The molecular weight excluding hydrogens is 387 g/mol. The van der Waals surface area contributed by atoms with E-state index in [1.165, 1.54) is 6.08 Å². The first kappa shape index (κ1) is 19.6. The summed E-state index contributed by atoms with van der Waals surface area (Å²) in [5.41, 5.74) is -0.956. The minimum Gasteiger partial charge on any atom is -0.465 e. The zero-order valence-corrected chi connectivity index (χ0v) is 14.0. The fourth-order valence-corrected chi connectivity index (χ4v) is 2.51. The molecule has 1 aromatic heterocycles. The van der Waals surface area contributed by atoms with Crippen LogP contribution in [0, 0.1) is 0 Å². The van der Waals surface area contributed by atoms with E-state index >= 15 is 0 Å². The predicted octanol–water partition coefficient (Wildman–Crippen LogP) is 2.07. The van der Waals surface area contributed by atoms with Gasteiger partial charge in [0, 0.05) is 5.56 Å². The van der Waals surface area contributed by atoms with E-state index in [0.717, 1.165) is 24.3 Å². The maximum atomic E-state index is 13.3. The number of carbonyl (C=O) groups is 1. The van der Waals surface area contributed by atoms with Crippen molar-refractivity contribution in [1.82, 2.24) is 15.5 Å². The number of aromatic amines is 1. The fourth-order valence-electron chi connectivity index (χ4n) is 2.51. The first-order valence-electron chi connectivity index (χ1n) is 7.90. The Hall–Kier alpha value is -3.12. The van der Waals surface area contributed by atoms with Gasteiger partial charge in [-0.25, -0.2) is 14.7 Å². The van der Waals surface area contributed by atoms with Crippen molar-refractivity contribution in [2.45, 2.75) is 18.5 Å². The molecule has 3 rings (SSSR count). The number of carboxylic acid groups (broad SMARTS) is 1. The van der Waals surface area contributed by atoms with Crippen molar-refractivity contribution in [3.05, 3.63) is 46.0 Å². The van der Waals surface area contributed by atoms with Crippen LogP contribution in [0.25, 0.3) is 17.5 Å². The van der Waals surface area contributed by atoms with Gasteiger partial charge >= 0.3 is 18.0 Å². The van der Waals surface area contributed by atoms with E-state index in [0.29, 0.717) is 0 Å². The lowest BCUT2D eigenvalue weighted by Crippen LogP contribution is -2.46. The average Bonchev–Trinajstić information content (AvgIpc) is 3.06. The molecule has 0 atom stereocenters. The molecule has 0 aliphatic carbocycles. The Balaban J connectivity index is 1.80. The fraction of sp³-hybridized carbons (Fsp3) is 0.312. The molecule has 1 aliphatic heterocycles. The lowest BCUT2D eigenvalue weighted by atomic mass is 10.0. The number of H-pyrrole nitrogens is 1. The van der Waals surface area contributed by atoms with Crippen molar-refractivity contribution < 1.29 is 37.0 Å². The van der Waals surface area contributed by atoms with E-state index in [1.807, 2.05) is 5.10 Å². The number of halogens is 3. The van der Waals surface area contributed by atoms with Crippen LogP contribution in [0.5, 0.6) is 0 Å². The summed E-state index contributed by atoms with van der Waals surface area (Å²) < 4.78 is 55.1. The Bertz CT molecular complexity index is 928. The normalized spacial score (nSPS) is 20.4. The lowest BCUT2D eigenvalue weighted by molar-refractivity contribution is -0.161. The standard InChI is InChI=1S/C16H14F3N3O6/c17-16(18,19)11-3-1-9(13-21-22-15(25)28-13)5-8(11)2-4-12-26-6-10(7-27-12)20-14(23)24/h1-5,10,12,20H,6-7H2,(H,22,25)(H,23,24)/b4-2+. The minimum absolute atomic E-state index is 0.00585. The van der Waals surface area contributed by atoms with Crippen molar-refractivity contribution in [3.8, 4) is 11.5 Å². The van der Waals surface area contributed by atoms with E-state index < -0.39 is 35.9 Å². The zero-order chi connectivity index (χ0) is 20.3. The number of alkyl halides is 3. The van der Waals surface area contributed by atoms with Crippen molar-refractivity contribution in [2.24, 2.45) is 0 Å². The summed E-state index contributed by atoms with van der Waals surface area (Å²) in [6.45, 7) is 0.0117. The molecule has 12 heteroatoms.